The fourth-order valence-electron chi connectivity index (χ4n) is 3.41. The summed E-state index contributed by atoms with van der Waals surface area (Å²) in [5.41, 5.74) is 1.28. The van der Waals surface area contributed by atoms with Crippen LogP contribution in [-0.4, -0.2) is 19.5 Å². The van der Waals surface area contributed by atoms with E-state index in [0.717, 1.165) is 0 Å². The van der Waals surface area contributed by atoms with Crippen LogP contribution in [0.4, 0.5) is 0 Å². The molecule has 6 nitrogen and oxygen atoms in total. The van der Waals surface area contributed by atoms with E-state index < -0.39 is 0 Å². The van der Waals surface area contributed by atoms with Gasteiger partial charge in [0.25, 0.3) is 11.1 Å². The SMILES string of the molecule is O=c1[nH]c(CSc2nc3ccccc3c(=O)n2-c2cccc(Cl)c2)nc2ccc(Cl)cc12. The van der Waals surface area contributed by atoms with Crippen LogP contribution in [0.5, 0.6) is 0 Å². The van der Waals surface area contributed by atoms with Crippen molar-refractivity contribution >= 4 is 56.8 Å². The van der Waals surface area contributed by atoms with Crippen molar-refractivity contribution in [2.45, 2.75) is 10.9 Å². The Morgan fingerprint density at radius 1 is 0.844 bits per heavy atom. The standard InChI is InChI=1S/C23H14Cl2N4O2S/c24-13-4-3-5-15(10-13)29-22(31)16-6-1-2-7-18(16)27-23(29)32-12-20-26-19-9-8-14(25)11-17(19)21(30)28-20/h1-11H,12H2,(H,26,28,30). The Morgan fingerprint density at radius 2 is 1.62 bits per heavy atom. The Bertz CT molecular complexity index is 1610. The molecule has 0 fully saturated rings. The molecule has 0 saturated heterocycles. The summed E-state index contributed by atoms with van der Waals surface area (Å²) in [4.78, 5) is 37.8. The number of aromatic amines is 1. The number of aromatic nitrogens is 4. The highest BCUT2D eigenvalue weighted by Crippen LogP contribution is 2.25. The van der Waals surface area contributed by atoms with E-state index in [9.17, 15) is 9.59 Å². The van der Waals surface area contributed by atoms with E-state index in [-0.39, 0.29) is 11.1 Å². The molecule has 5 rings (SSSR count). The zero-order valence-corrected chi connectivity index (χ0v) is 18.7. The molecule has 0 unspecified atom stereocenters. The first-order chi connectivity index (χ1) is 15.5. The Morgan fingerprint density at radius 3 is 2.47 bits per heavy atom. The molecule has 0 bridgehead atoms. The predicted molar refractivity (Wildman–Crippen MR) is 129 cm³/mol. The van der Waals surface area contributed by atoms with E-state index in [1.54, 1.807) is 60.7 Å². The number of rotatable bonds is 4. The van der Waals surface area contributed by atoms with Crippen molar-refractivity contribution < 1.29 is 0 Å². The number of nitrogens with one attached hydrogen (secondary N) is 1. The molecule has 3 aromatic carbocycles. The van der Waals surface area contributed by atoms with Gasteiger partial charge in [0.2, 0.25) is 0 Å². The summed E-state index contributed by atoms with van der Waals surface area (Å²) in [7, 11) is 0. The van der Waals surface area contributed by atoms with E-state index in [1.807, 2.05) is 6.07 Å². The first-order valence-electron chi connectivity index (χ1n) is 9.58. The van der Waals surface area contributed by atoms with Crippen LogP contribution >= 0.6 is 35.0 Å². The van der Waals surface area contributed by atoms with Crippen molar-refractivity contribution in [3.63, 3.8) is 0 Å². The van der Waals surface area contributed by atoms with Crippen molar-refractivity contribution in [1.29, 1.82) is 0 Å². The molecular formula is C23H14Cl2N4O2S. The van der Waals surface area contributed by atoms with Crippen LogP contribution in [0.3, 0.4) is 0 Å². The fourth-order valence-corrected chi connectivity index (χ4v) is 4.65. The molecule has 0 amide bonds. The summed E-state index contributed by atoms with van der Waals surface area (Å²) in [5, 5.41) is 2.38. The van der Waals surface area contributed by atoms with Gasteiger partial charge in [-0.25, -0.2) is 9.97 Å². The molecule has 2 heterocycles. The summed E-state index contributed by atoms with van der Waals surface area (Å²) in [5.74, 6) is 0.772. The van der Waals surface area contributed by atoms with E-state index in [2.05, 4.69) is 9.97 Å². The molecule has 1 N–H and O–H groups in total. The van der Waals surface area contributed by atoms with Gasteiger partial charge in [-0.2, -0.15) is 0 Å². The van der Waals surface area contributed by atoms with Gasteiger partial charge in [-0.1, -0.05) is 53.2 Å². The minimum Gasteiger partial charge on any atom is -0.309 e. The Labute approximate surface area is 195 Å². The van der Waals surface area contributed by atoms with Crippen LogP contribution in [-0.2, 0) is 5.75 Å². The van der Waals surface area contributed by atoms with Gasteiger partial charge in [-0.3, -0.25) is 14.2 Å². The average molecular weight is 481 g/mol. The molecule has 9 heteroatoms. The van der Waals surface area contributed by atoms with Gasteiger partial charge in [0.1, 0.15) is 5.82 Å². The molecule has 0 aliphatic carbocycles. The molecule has 0 saturated carbocycles. The van der Waals surface area contributed by atoms with Crippen LogP contribution in [0.2, 0.25) is 10.0 Å². The van der Waals surface area contributed by atoms with Gasteiger partial charge >= 0.3 is 0 Å². The van der Waals surface area contributed by atoms with Crippen LogP contribution in [0.25, 0.3) is 27.5 Å². The quantitative estimate of drug-likeness (QED) is 0.281. The molecule has 0 aliphatic rings. The molecule has 32 heavy (non-hydrogen) atoms. The molecule has 5 aromatic rings. The average Bonchev–Trinajstić information content (AvgIpc) is 2.78. The third-order valence-corrected chi connectivity index (χ3v) is 6.29. The van der Waals surface area contributed by atoms with Gasteiger partial charge in [0.15, 0.2) is 5.16 Å². The highest BCUT2D eigenvalue weighted by atomic mass is 35.5. The van der Waals surface area contributed by atoms with Crippen molar-refractivity contribution in [1.82, 2.24) is 19.5 Å². The minimum absolute atomic E-state index is 0.199. The van der Waals surface area contributed by atoms with E-state index in [0.29, 0.717) is 54.3 Å². The van der Waals surface area contributed by atoms with Gasteiger partial charge in [-0.15, -0.1) is 0 Å². The summed E-state index contributed by atoms with van der Waals surface area (Å²) in [6.07, 6.45) is 0. The first-order valence-corrected chi connectivity index (χ1v) is 11.3. The van der Waals surface area contributed by atoms with Crippen molar-refractivity contribution in [3.05, 3.63) is 103 Å². The van der Waals surface area contributed by atoms with Crippen LogP contribution in [0.1, 0.15) is 5.82 Å². The lowest BCUT2D eigenvalue weighted by atomic mass is 10.2. The molecule has 0 aliphatic heterocycles. The number of fused-ring (bicyclic) bond motifs is 2. The summed E-state index contributed by atoms with van der Waals surface area (Å²) < 4.78 is 1.53. The van der Waals surface area contributed by atoms with Gasteiger partial charge < -0.3 is 4.98 Å². The minimum atomic E-state index is -0.271. The Balaban J connectivity index is 1.60. The molecular weight excluding hydrogens is 467 g/mol. The maximum Gasteiger partial charge on any atom is 0.266 e. The second-order valence-corrected chi connectivity index (χ2v) is 8.81. The number of hydrogen-bond acceptors (Lipinski definition) is 5. The van der Waals surface area contributed by atoms with Crippen LogP contribution in [0.15, 0.2) is 81.5 Å². The van der Waals surface area contributed by atoms with Crippen LogP contribution in [0, 0.1) is 0 Å². The molecule has 0 spiro atoms. The second-order valence-electron chi connectivity index (χ2n) is 6.99. The number of nitrogens with zero attached hydrogens (tertiary/aromatic N) is 3. The lowest BCUT2D eigenvalue weighted by Gasteiger charge is -2.13. The number of H-pyrrole nitrogens is 1. The second kappa shape index (κ2) is 8.43. The number of hydrogen-bond donors (Lipinski definition) is 1. The molecule has 2 aromatic heterocycles. The van der Waals surface area contributed by atoms with Gasteiger partial charge in [-0.05, 0) is 48.5 Å². The maximum atomic E-state index is 13.3. The molecule has 0 atom stereocenters. The predicted octanol–water partition coefficient (Wildman–Crippen LogP) is 5.22. The van der Waals surface area contributed by atoms with E-state index >= 15 is 0 Å². The lowest BCUT2D eigenvalue weighted by molar-refractivity contribution is 0.818. The highest BCUT2D eigenvalue weighted by Gasteiger charge is 2.15. The first kappa shape index (κ1) is 20.8. The fraction of sp³-hybridized carbons (Fsp3) is 0.0435. The third-order valence-electron chi connectivity index (χ3n) is 4.87. The number of benzene rings is 3. The van der Waals surface area contributed by atoms with Crippen molar-refractivity contribution in [2.75, 3.05) is 0 Å². The largest absolute Gasteiger partial charge is 0.309 e. The van der Waals surface area contributed by atoms with Gasteiger partial charge in [0, 0.05) is 10.0 Å². The smallest absolute Gasteiger partial charge is 0.266 e. The maximum absolute atomic E-state index is 13.3. The zero-order valence-electron chi connectivity index (χ0n) is 16.4. The van der Waals surface area contributed by atoms with Crippen LogP contribution < -0.4 is 11.1 Å². The Kier molecular flexibility index (Phi) is 5.46. The number of para-hydroxylation sites is 1. The van der Waals surface area contributed by atoms with Crippen molar-refractivity contribution in [3.8, 4) is 5.69 Å². The normalized spacial score (nSPS) is 11.3. The Hall–Kier alpha value is -3.13. The zero-order chi connectivity index (χ0) is 22.2. The highest BCUT2D eigenvalue weighted by molar-refractivity contribution is 7.98. The molecule has 0 radical (unpaired) electrons. The summed E-state index contributed by atoms with van der Waals surface area (Å²) >= 11 is 13.5. The van der Waals surface area contributed by atoms with E-state index in [1.165, 1.54) is 16.3 Å². The molecule has 158 valence electrons. The van der Waals surface area contributed by atoms with Gasteiger partial charge in [0.05, 0.1) is 33.2 Å². The number of thioether (sulfide) groups is 1. The summed E-state index contributed by atoms with van der Waals surface area (Å²) in [6, 6.07) is 19.2. The lowest BCUT2D eigenvalue weighted by Crippen LogP contribution is -2.22. The van der Waals surface area contributed by atoms with Crippen molar-refractivity contribution in [2.24, 2.45) is 0 Å². The number of halogens is 2. The van der Waals surface area contributed by atoms with E-state index in [4.69, 9.17) is 28.2 Å². The summed E-state index contributed by atoms with van der Waals surface area (Å²) in [6.45, 7) is 0. The third kappa shape index (κ3) is 3.90. The topological polar surface area (TPSA) is 80.6 Å². The monoisotopic (exact) mass is 480 g/mol.